The average molecular weight is 372 g/mol. The molecule has 0 spiro atoms. The van der Waals surface area contributed by atoms with Crippen LogP contribution < -0.4 is 9.80 Å². The highest BCUT2D eigenvalue weighted by Gasteiger charge is 2.24. The van der Waals surface area contributed by atoms with Gasteiger partial charge in [0.25, 0.3) is 5.91 Å². The van der Waals surface area contributed by atoms with Crippen LogP contribution in [0.5, 0.6) is 0 Å². The van der Waals surface area contributed by atoms with Crippen LogP contribution in [0, 0.1) is 5.82 Å². The molecule has 2 aromatic rings. The summed E-state index contributed by atoms with van der Waals surface area (Å²) < 4.78 is 13.1. The number of hydrogen-bond acceptors (Lipinski definition) is 6. The first-order chi connectivity index (χ1) is 12.8. The molecule has 1 aromatic heterocycles. The van der Waals surface area contributed by atoms with E-state index in [-0.39, 0.29) is 17.6 Å². The molecular formula is C19H25FN6O. The SMILES string of the molecule is CC(C)c1nc(N(C)C)nc(N2CCN(C(=O)c3ccc(F)cc3)CC2)n1. The molecule has 1 saturated heterocycles. The first-order valence-electron chi connectivity index (χ1n) is 9.08. The van der Waals surface area contributed by atoms with Crippen LogP contribution in [-0.4, -0.2) is 66.0 Å². The molecule has 0 atom stereocenters. The minimum absolute atomic E-state index is 0.0813. The fourth-order valence-corrected chi connectivity index (χ4v) is 2.85. The molecule has 1 aromatic carbocycles. The monoisotopic (exact) mass is 372 g/mol. The van der Waals surface area contributed by atoms with Crippen LogP contribution >= 0.6 is 0 Å². The Balaban J connectivity index is 1.72. The van der Waals surface area contributed by atoms with Gasteiger partial charge in [0, 0.05) is 51.8 Å². The Kier molecular flexibility index (Phi) is 5.53. The van der Waals surface area contributed by atoms with E-state index in [9.17, 15) is 9.18 Å². The summed E-state index contributed by atoms with van der Waals surface area (Å²) in [7, 11) is 3.81. The third-order valence-corrected chi connectivity index (χ3v) is 4.49. The van der Waals surface area contributed by atoms with Crippen molar-refractivity contribution in [3.05, 3.63) is 41.5 Å². The number of halogens is 1. The third kappa shape index (κ3) is 4.32. The minimum atomic E-state index is -0.344. The number of carbonyl (C=O) groups is 1. The number of amides is 1. The quantitative estimate of drug-likeness (QED) is 0.820. The van der Waals surface area contributed by atoms with E-state index in [1.807, 2.05) is 19.0 Å². The van der Waals surface area contributed by atoms with Gasteiger partial charge in [-0.05, 0) is 24.3 Å². The Labute approximate surface area is 158 Å². The van der Waals surface area contributed by atoms with Crippen molar-refractivity contribution in [2.24, 2.45) is 0 Å². The van der Waals surface area contributed by atoms with Gasteiger partial charge in [0.15, 0.2) is 0 Å². The van der Waals surface area contributed by atoms with Crippen LogP contribution in [0.1, 0.15) is 35.9 Å². The second-order valence-corrected chi connectivity index (χ2v) is 7.13. The molecule has 3 rings (SSSR count). The van der Waals surface area contributed by atoms with Crippen molar-refractivity contribution >= 4 is 17.8 Å². The van der Waals surface area contributed by atoms with Gasteiger partial charge < -0.3 is 14.7 Å². The van der Waals surface area contributed by atoms with Gasteiger partial charge in [-0.1, -0.05) is 13.8 Å². The summed E-state index contributed by atoms with van der Waals surface area (Å²) in [6.45, 7) is 6.52. The predicted molar refractivity (Wildman–Crippen MR) is 103 cm³/mol. The van der Waals surface area contributed by atoms with Crippen LogP contribution in [0.2, 0.25) is 0 Å². The molecule has 1 aliphatic rings. The van der Waals surface area contributed by atoms with Crippen LogP contribution in [0.25, 0.3) is 0 Å². The van der Waals surface area contributed by atoms with Crippen LogP contribution in [0.3, 0.4) is 0 Å². The lowest BCUT2D eigenvalue weighted by Crippen LogP contribution is -2.49. The fraction of sp³-hybridized carbons (Fsp3) is 0.474. The number of aromatic nitrogens is 3. The number of benzene rings is 1. The van der Waals surface area contributed by atoms with E-state index in [1.165, 1.54) is 24.3 Å². The van der Waals surface area contributed by atoms with Gasteiger partial charge in [0.05, 0.1) is 0 Å². The number of anilines is 2. The summed E-state index contributed by atoms with van der Waals surface area (Å²) in [5, 5.41) is 0. The molecule has 0 N–H and O–H groups in total. The molecule has 2 heterocycles. The number of nitrogens with zero attached hydrogens (tertiary/aromatic N) is 6. The minimum Gasteiger partial charge on any atom is -0.347 e. The maximum absolute atomic E-state index is 13.1. The molecule has 1 aliphatic heterocycles. The lowest BCUT2D eigenvalue weighted by molar-refractivity contribution is 0.0746. The smallest absolute Gasteiger partial charge is 0.253 e. The number of hydrogen-bond donors (Lipinski definition) is 0. The first-order valence-corrected chi connectivity index (χ1v) is 9.08. The predicted octanol–water partition coefficient (Wildman–Crippen LogP) is 2.16. The van der Waals surface area contributed by atoms with E-state index in [4.69, 9.17) is 0 Å². The summed E-state index contributed by atoms with van der Waals surface area (Å²) in [4.78, 5) is 32.0. The lowest BCUT2D eigenvalue weighted by Gasteiger charge is -2.35. The zero-order valence-corrected chi connectivity index (χ0v) is 16.2. The molecule has 8 heteroatoms. The lowest BCUT2D eigenvalue weighted by atomic mass is 10.2. The molecule has 0 bridgehead atoms. The summed E-state index contributed by atoms with van der Waals surface area (Å²) in [6.07, 6.45) is 0. The highest BCUT2D eigenvalue weighted by molar-refractivity contribution is 5.94. The Morgan fingerprint density at radius 1 is 1.04 bits per heavy atom. The van der Waals surface area contributed by atoms with E-state index in [1.54, 1.807) is 4.90 Å². The van der Waals surface area contributed by atoms with E-state index in [0.717, 1.165) is 5.82 Å². The van der Waals surface area contributed by atoms with Crippen molar-refractivity contribution in [1.82, 2.24) is 19.9 Å². The fourth-order valence-electron chi connectivity index (χ4n) is 2.85. The summed E-state index contributed by atoms with van der Waals surface area (Å²) in [6, 6.07) is 5.66. The van der Waals surface area contributed by atoms with Crippen LogP contribution in [-0.2, 0) is 0 Å². The molecule has 1 fully saturated rings. The molecule has 27 heavy (non-hydrogen) atoms. The van der Waals surface area contributed by atoms with Gasteiger partial charge in [-0.15, -0.1) is 0 Å². The standard InChI is InChI=1S/C19H25FN6O/c1-13(2)16-21-18(24(3)4)23-19(22-16)26-11-9-25(10-12-26)17(27)14-5-7-15(20)8-6-14/h5-8,13H,9-12H2,1-4H3. The van der Waals surface area contributed by atoms with E-state index >= 15 is 0 Å². The van der Waals surface area contributed by atoms with Gasteiger partial charge in [0.1, 0.15) is 11.6 Å². The van der Waals surface area contributed by atoms with Crippen LogP contribution in [0.15, 0.2) is 24.3 Å². The maximum atomic E-state index is 13.1. The van der Waals surface area contributed by atoms with Gasteiger partial charge in [-0.25, -0.2) is 4.39 Å². The zero-order chi connectivity index (χ0) is 19.6. The molecule has 0 unspecified atom stereocenters. The van der Waals surface area contributed by atoms with Crippen molar-refractivity contribution in [3.8, 4) is 0 Å². The van der Waals surface area contributed by atoms with Gasteiger partial charge in [-0.3, -0.25) is 4.79 Å². The Hall–Kier alpha value is -2.77. The number of rotatable bonds is 4. The zero-order valence-electron chi connectivity index (χ0n) is 16.2. The second kappa shape index (κ2) is 7.85. The van der Waals surface area contributed by atoms with Gasteiger partial charge in [-0.2, -0.15) is 15.0 Å². The van der Waals surface area contributed by atoms with E-state index < -0.39 is 0 Å². The first kappa shape index (κ1) is 19.0. The van der Waals surface area contributed by atoms with Gasteiger partial charge >= 0.3 is 0 Å². The average Bonchev–Trinajstić information content (AvgIpc) is 2.67. The van der Waals surface area contributed by atoms with E-state index in [2.05, 4.69) is 33.7 Å². The summed E-state index contributed by atoms with van der Waals surface area (Å²) in [5.74, 6) is 1.81. The highest BCUT2D eigenvalue weighted by atomic mass is 19.1. The summed E-state index contributed by atoms with van der Waals surface area (Å²) >= 11 is 0. The van der Waals surface area contributed by atoms with E-state index in [0.29, 0.717) is 43.6 Å². The molecule has 0 radical (unpaired) electrons. The largest absolute Gasteiger partial charge is 0.347 e. The molecule has 0 saturated carbocycles. The maximum Gasteiger partial charge on any atom is 0.253 e. The third-order valence-electron chi connectivity index (χ3n) is 4.49. The normalized spacial score (nSPS) is 14.6. The van der Waals surface area contributed by atoms with Crippen molar-refractivity contribution in [2.75, 3.05) is 50.1 Å². The molecule has 144 valence electrons. The van der Waals surface area contributed by atoms with Crippen molar-refractivity contribution in [2.45, 2.75) is 19.8 Å². The highest BCUT2D eigenvalue weighted by Crippen LogP contribution is 2.19. The Morgan fingerprint density at radius 3 is 2.22 bits per heavy atom. The molecule has 0 aliphatic carbocycles. The number of carbonyl (C=O) groups excluding carboxylic acids is 1. The summed E-state index contributed by atoms with van der Waals surface area (Å²) in [5.41, 5.74) is 0.502. The molecule has 1 amide bonds. The van der Waals surface area contributed by atoms with Crippen LogP contribution in [0.4, 0.5) is 16.3 Å². The van der Waals surface area contributed by atoms with Crippen molar-refractivity contribution in [3.63, 3.8) is 0 Å². The topological polar surface area (TPSA) is 65.5 Å². The Bertz CT molecular complexity index is 774. The molecule has 7 nitrogen and oxygen atoms in total. The van der Waals surface area contributed by atoms with Gasteiger partial charge in [0.2, 0.25) is 11.9 Å². The second-order valence-electron chi connectivity index (χ2n) is 7.13. The van der Waals surface area contributed by atoms with Crippen molar-refractivity contribution < 1.29 is 9.18 Å². The Morgan fingerprint density at radius 2 is 1.67 bits per heavy atom. The van der Waals surface area contributed by atoms with Crippen molar-refractivity contribution in [1.29, 1.82) is 0 Å². The molecular weight excluding hydrogens is 347 g/mol. The number of piperazine rings is 1.